The molecule has 0 spiro atoms. The highest BCUT2D eigenvalue weighted by Gasteiger charge is 2.17. The third-order valence-electron chi connectivity index (χ3n) is 3.67. The van der Waals surface area contributed by atoms with Gasteiger partial charge in [-0.3, -0.25) is 9.88 Å². The van der Waals surface area contributed by atoms with Gasteiger partial charge in [-0.15, -0.1) is 0 Å². The maximum atomic E-state index is 11.4. The lowest BCUT2D eigenvalue weighted by molar-refractivity contribution is 0.0600. The smallest absolute Gasteiger partial charge is 0.339 e. The Kier molecular flexibility index (Phi) is 7.37. The maximum absolute atomic E-state index is 11.4. The molecule has 0 fully saturated rings. The third kappa shape index (κ3) is 5.46. The summed E-state index contributed by atoms with van der Waals surface area (Å²) in [6.07, 6.45) is 3.88. The molecule has 0 saturated heterocycles. The number of hydrogen-bond donors (Lipinski definition) is 0. The zero-order valence-electron chi connectivity index (χ0n) is 13.9. The average Bonchev–Trinajstić information content (AvgIpc) is 2.47. The van der Waals surface area contributed by atoms with E-state index in [2.05, 4.69) is 37.6 Å². The summed E-state index contributed by atoms with van der Waals surface area (Å²) in [5.41, 5.74) is 1.49. The number of rotatable bonds is 8. The van der Waals surface area contributed by atoms with Crippen LogP contribution in [0.15, 0.2) is 18.3 Å². The van der Waals surface area contributed by atoms with Crippen molar-refractivity contribution in [2.24, 2.45) is 5.92 Å². The van der Waals surface area contributed by atoms with Crippen molar-refractivity contribution in [1.29, 1.82) is 0 Å². The fraction of sp³-hybridized carbons (Fsp3) is 0.647. The van der Waals surface area contributed by atoms with Gasteiger partial charge in [0, 0.05) is 25.3 Å². The average molecular weight is 292 g/mol. The van der Waals surface area contributed by atoms with Gasteiger partial charge >= 0.3 is 5.97 Å². The topological polar surface area (TPSA) is 42.4 Å². The molecule has 0 aliphatic heterocycles. The van der Waals surface area contributed by atoms with Crippen LogP contribution in [0.3, 0.4) is 0 Å². The minimum Gasteiger partial charge on any atom is -0.465 e. The van der Waals surface area contributed by atoms with E-state index in [4.69, 9.17) is 4.74 Å². The lowest BCUT2D eigenvalue weighted by Gasteiger charge is -2.31. The van der Waals surface area contributed by atoms with Crippen LogP contribution in [-0.2, 0) is 11.3 Å². The molecular weight excluding hydrogens is 264 g/mol. The van der Waals surface area contributed by atoms with E-state index in [1.807, 2.05) is 6.07 Å². The molecule has 21 heavy (non-hydrogen) atoms. The van der Waals surface area contributed by atoms with Crippen molar-refractivity contribution in [3.05, 3.63) is 29.6 Å². The number of carbonyl (C=O) groups is 1. The second kappa shape index (κ2) is 8.78. The fourth-order valence-electron chi connectivity index (χ4n) is 2.58. The van der Waals surface area contributed by atoms with Crippen LogP contribution in [-0.4, -0.2) is 35.5 Å². The normalized spacial score (nSPS) is 11.4. The predicted molar refractivity (Wildman–Crippen MR) is 85.2 cm³/mol. The summed E-state index contributed by atoms with van der Waals surface area (Å²) in [5, 5.41) is 0. The molecule has 1 rings (SSSR count). The van der Waals surface area contributed by atoms with Gasteiger partial charge < -0.3 is 4.74 Å². The second-order valence-electron chi connectivity index (χ2n) is 5.82. The van der Waals surface area contributed by atoms with E-state index in [9.17, 15) is 4.79 Å². The summed E-state index contributed by atoms with van der Waals surface area (Å²) < 4.78 is 4.69. The number of hydrogen-bond acceptors (Lipinski definition) is 4. The molecule has 0 unspecified atom stereocenters. The third-order valence-corrected chi connectivity index (χ3v) is 3.67. The number of aromatic nitrogens is 1. The predicted octanol–water partition coefficient (Wildman–Crippen LogP) is 3.51. The quantitative estimate of drug-likeness (QED) is 0.688. The minimum absolute atomic E-state index is 0.340. The van der Waals surface area contributed by atoms with Crippen molar-refractivity contribution in [2.45, 2.75) is 53.1 Å². The number of ether oxygens (including phenoxy) is 1. The van der Waals surface area contributed by atoms with E-state index < -0.39 is 0 Å². The van der Waals surface area contributed by atoms with Gasteiger partial charge in [0.2, 0.25) is 0 Å². The zero-order valence-corrected chi connectivity index (χ0v) is 13.9. The molecule has 118 valence electrons. The highest BCUT2D eigenvalue weighted by Crippen LogP contribution is 2.15. The van der Waals surface area contributed by atoms with Gasteiger partial charge in [-0.1, -0.05) is 27.7 Å². The first-order valence-corrected chi connectivity index (χ1v) is 7.79. The van der Waals surface area contributed by atoms with Crippen LogP contribution in [0.4, 0.5) is 0 Å². The molecule has 0 aliphatic carbocycles. The van der Waals surface area contributed by atoms with Crippen LogP contribution in [0.25, 0.3) is 0 Å². The van der Waals surface area contributed by atoms with E-state index in [0.29, 0.717) is 17.5 Å². The van der Waals surface area contributed by atoms with Gasteiger partial charge in [-0.25, -0.2) is 4.79 Å². The van der Waals surface area contributed by atoms with Crippen molar-refractivity contribution < 1.29 is 9.53 Å². The molecule has 4 nitrogen and oxygen atoms in total. The van der Waals surface area contributed by atoms with Crippen LogP contribution < -0.4 is 0 Å². The molecule has 1 aromatic heterocycles. The number of carbonyl (C=O) groups excluding carboxylic acids is 1. The summed E-state index contributed by atoms with van der Waals surface area (Å²) in [5.74, 6) is 0.285. The number of pyridine rings is 1. The molecule has 0 bridgehead atoms. The van der Waals surface area contributed by atoms with Crippen LogP contribution >= 0.6 is 0 Å². The van der Waals surface area contributed by atoms with Crippen LogP contribution in [0.1, 0.15) is 56.6 Å². The zero-order chi connectivity index (χ0) is 15.8. The van der Waals surface area contributed by atoms with Crippen molar-refractivity contribution in [2.75, 3.05) is 13.7 Å². The molecule has 0 atom stereocenters. The summed E-state index contributed by atoms with van der Waals surface area (Å²) in [4.78, 5) is 18.3. The standard InChI is InChI=1S/C17H28N2O2/c1-6-16(7-2)19(11-13(3)4)12-15-9-8-14(10-18-15)17(20)21-5/h8-10,13,16H,6-7,11-12H2,1-5H3. The second-order valence-corrected chi connectivity index (χ2v) is 5.82. The Morgan fingerprint density at radius 2 is 1.95 bits per heavy atom. The summed E-state index contributed by atoms with van der Waals surface area (Å²) in [6.45, 7) is 10.8. The lowest BCUT2D eigenvalue weighted by atomic mass is 10.1. The first-order chi connectivity index (χ1) is 10.0. The molecule has 1 aromatic rings. The Morgan fingerprint density at radius 1 is 1.29 bits per heavy atom. The van der Waals surface area contributed by atoms with E-state index >= 15 is 0 Å². The first kappa shape index (κ1) is 17.6. The molecule has 1 heterocycles. The Balaban J connectivity index is 2.80. The van der Waals surface area contributed by atoms with E-state index in [-0.39, 0.29) is 5.97 Å². The van der Waals surface area contributed by atoms with Gasteiger partial charge in [0.15, 0.2) is 0 Å². The van der Waals surface area contributed by atoms with Gasteiger partial charge in [0.25, 0.3) is 0 Å². The number of nitrogens with zero attached hydrogens (tertiary/aromatic N) is 2. The Bertz CT molecular complexity index is 425. The minimum atomic E-state index is -0.340. The summed E-state index contributed by atoms with van der Waals surface area (Å²) >= 11 is 0. The fourth-order valence-corrected chi connectivity index (χ4v) is 2.58. The van der Waals surface area contributed by atoms with Crippen molar-refractivity contribution in [3.63, 3.8) is 0 Å². The van der Waals surface area contributed by atoms with Gasteiger partial charge in [0.05, 0.1) is 18.4 Å². The van der Waals surface area contributed by atoms with Crippen LogP contribution in [0, 0.1) is 5.92 Å². The molecule has 4 heteroatoms. The Labute approximate surface area is 128 Å². The van der Waals surface area contributed by atoms with E-state index in [0.717, 1.165) is 31.6 Å². The van der Waals surface area contributed by atoms with E-state index in [1.54, 1.807) is 12.3 Å². The SMILES string of the molecule is CCC(CC)N(Cc1ccc(C(=O)OC)cn1)CC(C)C. The van der Waals surface area contributed by atoms with Crippen LogP contribution in [0.2, 0.25) is 0 Å². The molecule has 0 saturated carbocycles. The van der Waals surface area contributed by atoms with E-state index in [1.165, 1.54) is 7.11 Å². The lowest BCUT2D eigenvalue weighted by Crippen LogP contribution is -2.37. The van der Waals surface area contributed by atoms with Crippen molar-refractivity contribution >= 4 is 5.97 Å². The molecule has 0 radical (unpaired) electrons. The highest BCUT2D eigenvalue weighted by atomic mass is 16.5. The number of methoxy groups -OCH3 is 1. The van der Waals surface area contributed by atoms with Crippen LogP contribution in [0.5, 0.6) is 0 Å². The largest absolute Gasteiger partial charge is 0.465 e. The Hall–Kier alpha value is -1.42. The van der Waals surface area contributed by atoms with Gasteiger partial charge in [-0.05, 0) is 30.9 Å². The van der Waals surface area contributed by atoms with Crippen molar-refractivity contribution in [3.8, 4) is 0 Å². The Morgan fingerprint density at radius 3 is 2.38 bits per heavy atom. The van der Waals surface area contributed by atoms with Gasteiger partial charge in [-0.2, -0.15) is 0 Å². The molecule has 0 amide bonds. The molecule has 0 N–H and O–H groups in total. The van der Waals surface area contributed by atoms with Crippen molar-refractivity contribution in [1.82, 2.24) is 9.88 Å². The van der Waals surface area contributed by atoms with Gasteiger partial charge in [0.1, 0.15) is 0 Å². The molecule has 0 aromatic carbocycles. The molecular formula is C17H28N2O2. The maximum Gasteiger partial charge on any atom is 0.339 e. The summed E-state index contributed by atoms with van der Waals surface area (Å²) in [7, 11) is 1.38. The monoisotopic (exact) mass is 292 g/mol. The summed E-state index contributed by atoms with van der Waals surface area (Å²) in [6, 6.07) is 4.28. The first-order valence-electron chi connectivity index (χ1n) is 7.79. The number of esters is 1. The highest BCUT2D eigenvalue weighted by molar-refractivity contribution is 5.88. The molecule has 0 aliphatic rings.